The minimum atomic E-state index is -0.121. The van der Waals surface area contributed by atoms with E-state index in [1.807, 2.05) is 73.7 Å². The van der Waals surface area contributed by atoms with Crippen LogP contribution in [0.4, 0.5) is 17.1 Å². The van der Waals surface area contributed by atoms with Crippen LogP contribution in [-0.4, -0.2) is 36.6 Å². The number of hydrogen-bond acceptors (Lipinski definition) is 6. The number of amides is 1. The third-order valence-electron chi connectivity index (χ3n) is 5.10. The molecule has 1 aliphatic heterocycles. The van der Waals surface area contributed by atoms with Crippen molar-refractivity contribution < 1.29 is 14.3 Å². The first-order valence-electron chi connectivity index (χ1n) is 10.5. The molecule has 0 aliphatic carbocycles. The van der Waals surface area contributed by atoms with Crippen molar-refractivity contribution in [3.05, 3.63) is 77.9 Å². The maximum Gasteiger partial charge on any atom is 0.234 e. The number of rotatable bonds is 6. The van der Waals surface area contributed by atoms with E-state index in [2.05, 4.69) is 5.32 Å². The molecule has 0 aromatic heterocycles. The summed E-state index contributed by atoms with van der Waals surface area (Å²) < 4.78 is 10.7. The van der Waals surface area contributed by atoms with Gasteiger partial charge in [-0.1, -0.05) is 30.3 Å². The zero-order valence-electron chi connectivity index (χ0n) is 18.8. The first-order valence-corrected chi connectivity index (χ1v) is 11.5. The molecule has 1 amide bonds. The molecule has 1 aliphatic rings. The van der Waals surface area contributed by atoms with Gasteiger partial charge in [-0.2, -0.15) is 0 Å². The molecule has 6 nitrogen and oxygen atoms in total. The number of fused-ring (bicyclic) bond motifs is 1. The third-order valence-corrected chi connectivity index (χ3v) is 6.08. The second kappa shape index (κ2) is 10.4. The van der Waals surface area contributed by atoms with Crippen LogP contribution >= 0.6 is 11.8 Å². The van der Waals surface area contributed by atoms with Gasteiger partial charge in [-0.05, 0) is 48.9 Å². The molecule has 0 atom stereocenters. The fourth-order valence-electron chi connectivity index (χ4n) is 3.46. The number of aliphatic imine (C=N–C) groups is 2. The van der Waals surface area contributed by atoms with E-state index in [4.69, 9.17) is 19.5 Å². The number of thioether (sulfide) groups is 1. The molecule has 33 heavy (non-hydrogen) atoms. The second-order valence-corrected chi connectivity index (χ2v) is 8.55. The Morgan fingerprint density at radius 3 is 2.52 bits per heavy atom. The van der Waals surface area contributed by atoms with Gasteiger partial charge >= 0.3 is 0 Å². The minimum absolute atomic E-state index is 0.121. The lowest BCUT2D eigenvalue weighted by atomic mass is 10.1. The molecule has 0 bridgehead atoms. The molecular formula is C26H25N3O3S. The van der Waals surface area contributed by atoms with Crippen LogP contribution < -0.4 is 14.8 Å². The number of nitrogens with zero attached hydrogens (tertiary/aromatic N) is 2. The molecule has 0 saturated heterocycles. The van der Waals surface area contributed by atoms with Gasteiger partial charge in [0.05, 0.1) is 47.8 Å². The zero-order valence-corrected chi connectivity index (χ0v) is 19.6. The van der Waals surface area contributed by atoms with Gasteiger partial charge in [-0.25, -0.2) is 4.99 Å². The zero-order chi connectivity index (χ0) is 23.2. The van der Waals surface area contributed by atoms with Crippen LogP contribution in [0.2, 0.25) is 0 Å². The quantitative estimate of drug-likeness (QED) is 0.495. The number of methoxy groups -OCH3 is 2. The van der Waals surface area contributed by atoms with E-state index < -0.39 is 0 Å². The molecule has 1 N–H and O–H groups in total. The molecule has 168 valence electrons. The topological polar surface area (TPSA) is 72.3 Å². The Bertz CT molecular complexity index is 1240. The van der Waals surface area contributed by atoms with Gasteiger partial charge < -0.3 is 14.8 Å². The first-order chi connectivity index (χ1) is 16.1. The lowest BCUT2D eigenvalue weighted by molar-refractivity contribution is -0.113. The number of benzene rings is 3. The number of aryl methyl sites for hydroxylation is 1. The van der Waals surface area contributed by atoms with Crippen molar-refractivity contribution in [1.29, 1.82) is 0 Å². The van der Waals surface area contributed by atoms with Gasteiger partial charge in [-0.15, -0.1) is 11.8 Å². The summed E-state index contributed by atoms with van der Waals surface area (Å²) in [5, 5.41) is 3.77. The summed E-state index contributed by atoms with van der Waals surface area (Å²) in [5.74, 6) is 1.50. The number of carbonyl (C=O) groups is 1. The average Bonchev–Trinajstić information content (AvgIpc) is 3.02. The first kappa shape index (κ1) is 22.6. The lowest BCUT2D eigenvalue weighted by Crippen LogP contribution is -2.17. The SMILES string of the molecule is COc1cccc(C2=Nc3ccccc3N=C(SCC(=O)Nc3cc(C)ccc3OC)C2)c1. The molecule has 1 heterocycles. The summed E-state index contributed by atoms with van der Waals surface area (Å²) in [5.41, 5.74) is 5.15. The van der Waals surface area contributed by atoms with E-state index in [0.717, 1.165) is 39.0 Å². The van der Waals surface area contributed by atoms with Crippen LogP contribution in [0.1, 0.15) is 17.5 Å². The maximum absolute atomic E-state index is 12.7. The van der Waals surface area contributed by atoms with Crippen LogP contribution in [0.5, 0.6) is 11.5 Å². The Morgan fingerprint density at radius 2 is 1.76 bits per heavy atom. The average molecular weight is 460 g/mol. The Labute approximate surface area is 197 Å². The second-order valence-electron chi connectivity index (χ2n) is 7.50. The molecule has 0 fully saturated rings. The molecule has 3 aromatic carbocycles. The summed E-state index contributed by atoms with van der Waals surface area (Å²) in [6.07, 6.45) is 0.521. The smallest absolute Gasteiger partial charge is 0.234 e. The standard InChI is InChI=1S/C26H25N3O3S/c1-17-11-12-24(32-3)23(13-17)28-25(30)16-33-26-15-22(18-7-6-8-19(14-18)31-2)27-20-9-4-5-10-21(20)29-26/h4-14H,15-16H2,1-3H3,(H,28,30). The van der Waals surface area contributed by atoms with E-state index in [1.165, 1.54) is 11.8 Å². The highest BCUT2D eigenvalue weighted by molar-refractivity contribution is 8.14. The number of para-hydroxylation sites is 2. The Kier molecular flexibility index (Phi) is 7.10. The van der Waals surface area contributed by atoms with Crippen LogP contribution in [0.3, 0.4) is 0 Å². The van der Waals surface area contributed by atoms with Gasteiger partial charge in [0.15, 0.2) is 0 Å². The van der Waals surface area contributed by atoms with Gasteiger partial charge in [0, 0.05) is 12.0 Å². The molecule has 0 spiro atoms. The van der Waals surface area contributed by atoms with Gasteiger partial charge in [0.2, 0.25) is 5.91 Å². The Balaban J connectivity index is 1.54. The van der Waals surface area contributed by atoms with Crippen LogP contribution in [0.15, 0.2) is 76.7 Å². The largest absolute Gasteiger partial charge is 0.497 e. The van der Waals surface area contributed by atoms with Crippen molar-refractivity contribution >= 4 is 45.5 Å². The normalized spacial score (nSPS) is 12.7. The number of carbonyl (C=O) groups excluding carboxylic acids is 1. The summed E-state index contributed by atoms with van der Waals surface area (Å²) in [4.78, 5) is 22.4. The summed E-state index contributed by atoms with van der Waals surface area (Å²) in [7, 11) is 3.24. The third kappa shape index (κ3) is 5.62. The van der Waals surface area contributed by atoms with Crippen LogP contribution in [0, 0.1) is 6.92 Å². The van der Waals surface area contributed by atoms with E-state index in [1.54, 1.807) is 14.2 Å². The van der Waals surface area contributed by atoms with Gasteiger partial charge in [0.25, 0.3) is 0 Å². The number of anilines is 1. The fraction of sp³-hybridized carbons (Fsp3) is 0.192. The Morgan fingerprint density at radius 1 is 0.970 bits per heavy atom. The molecular weight excluding hydrogens is 434 g/mol. The molecule has 3 aromatic rings. The van der Waals surface area contributed by atoms with Crippen LogP contribution in [-0.2, 0) is 4.79 Å². The van der Waals surface area contributed by atoms with E-state index in [9.17, 15) is 4.79 Å². The highest BCUT2D eigenvalue weighted by Crippen LogP contribution is 2.34. The molecule has 7 heteroatoms. The van der Waals surface area contributed by atoms with Crippen molar-refractivity contribution in [2.24, 2.45) is 9.98 Å². The minimum Gasteiger partial charge on any atom is -0.497 e. The predicted molar refractivity (Wildman–Crippen MR) is 136 cm³/mol. The monoisotopic (exact) mass is 459 g/mol. The van der Waals surface area contributed by atoms with E-state index >= 15 is 0 Å². The number of hydrogen-bond donors (Lipinski definition) is 1. The van der Waals surface area contributed by atoms with Crippen molar-refractivity contribution in [2.75, 3.05) is 25.3 Å². The maximum atomic E-state index is 12.7. The molecule has 4 rings (SSSR count). The van der Waals surface area contributed by atoms with Crippen molar-refractivity contribution in [3.8, 4) is 11.5 Å². The molecule has 0 radical (unpaired) electrons. The summed E-state index contributed by atoms with van der Waals surface area (Å²) in [6.45, 7) is 1.97. The number of ether oxygens (including phenoxy) is 2. The lowest BCUT2D eigenvalue weighted by Gasteiger charge is -2.12. The van der Waals surface area contributed by atoms with Crippen LogP contribution in [0.25, 0.3) is 0 Å². The highest BCUT2D eigenvalue weighted by Gasteiger charge is 2.17. The fourth-order valence-corrected chi connectivity index (χ4v) is 4.23. The highest BCUT2D eigenvalue weighted by atomic mass is 32.2. The number of nitrogens with one attached hydrogen (secondary N) is 1. The van der Waals surface area contributed by atoms with Gasteiger partial charge in [-0.3, -0.25) is 9.79 Å². The Hall–Kier alpha value is -3.58. The van der Waals surface area contributed by atoms with E-state index in [0.29, 0.717) is 17.9 Å². The molecule has 0 saturated carbocycles. The summed E-state index contributed by atoms with van der Waals surface area (Å²) >= 11 is 1.41. The van der Waals surface area contributed by atoms with Crippen molar-refractivity contribution in [1.82, 2.24) is 0 Å². The summed E-state index contributed by atoms with van der Waals surface area (Å²) in [6, 6.07) is 21.3. The van der Waals surface area contributed by atoms with Crippen molar-refractivity contribution in [3.63, 3.8) is 0 Å². The van der Waals surface area contributed by atoms with Crippen molar-refractivity contribution in [2.45, 2.75) is 13.3 Å². The molecule has 0 unspecified atom stereocenters. The van der Waals surface area contributed by atoms with E-state index in [-0.39, 0.29) is 11.7 Å². The van der Waals surface area contributed by atoms with Gasteiger partial charge in [0.1, 0.15) is 11.5 Å². The predicted octanol–water partition coefficient (Wildman–Crippen LogP) is 5.94.